The first kappa shape index (κ1) is 24.9. The lowest BCUT2D eigenvalue weighted by molar-refractivity contribution is 0.141. The number of hydrogen-bond donors (Lipinski definition) is 3. The summed E-state index contributed by atoms with van der Waals surface area (Å²) in [4.78, 5) is 7.34. The van der Waals surface area contributed by atoms with Gasteiger partial charge in [-0.25, -0.2) is 0 Å². The van der Waals surface area contributed by atoms with Gasteiger partial charge in [-0.05, 0) is 64.8 Å². The van der Waals surface area contributed by atoms with Crippen LogP contribution in [0.4, 0.5) is 0 Å². The van der Waals surface area contributed by atoms with E-state index in [1.807, 2.05) is 0 Å². The van der Waals surface area contributed by atoms with Gasteiger partial charge in [-0.15, -0.1) is 24.0 Å². The monoisotopic (exact) mass is 468 g/mol. The Bertz CT molecular complexity index is 346. The predicted molar refractivity (Wildman–Crippen MR) is 119 cm³/mol. The van der Waals surface area contributed by atoms with Gasteiger partial charge in [0.15, 0.2) is 5.96 Å². The number of aliphatic hydroxyl groups is 1. The maximum absolute atomic E-state index is 9.19. The van der Waals surface area contributed by atoms with Crippen LogP contribution in [0.1, 0.15) is 59.8 Å². The van der Waals surface area contributed by atoms with Crippen LogP contribution >= 0.6 is 24.0 Å². The van der Waals surface area contributed by atoms with Crippen molar-refractivity contribution in [1.82, 2.24) is 15.5 Å². The normalized spacial score (nSPS) is 20.2. The van der Waals surface area contributed by atoms with Crippen LogP contribution in [0.3, 0.4) is 0 Å². The van der Waals surface area contributed by atoms with E-state index < -0.39 is 0 Å². The topological polar surface area (TPSA) is 59.9 Å². The third-order valence-electron chi connectivity index (χ3n) is 4.92. The highest BCUT2D eigenvalue weighted by molar-refractivity contribution is 14.0. The van der Waals surface area contributed by atoms with E-state index in [-0.39, 0.29) is 30.6 Å². The van der Waals surface area contributed by atoms with Crippen molar-refractivity contribution in [2.45, 2.75) is 65.8 Å². The summed E-state index contributed by atoms with van der Waals surface area (Å²) in [5, 5.41) is 16.1. The number of guanidine groups is 1. The number of halogens is 1. The molecule has 1 rings (SSSR count). The highest BCUT2D eigenvalue weighted by Crippen LogP contribution is 2.17. The van der Waals surface area contributed by atoms with Gasteiger partial charge < -0.3 is 20.6 Å². The third-order valence-corrected chi connectivity index (χ3v) is 4.92. The highest BCUT2D eigenvalue weighted by Gasteiger charge is 2.21. The summed E-state index contributed by atoms with van der Waals surface area (Å²) in [5.41, 5.74) is 0. The first-order chi connectivity index (χ1) is 11.6. The van der Waals surface area contributed by atoms with Crippen molar-refractivity contribution in [3.63, 3.8) is 0 Å². The summed E-state index contributed by atoms with van der Waals surface area (Å²) in [6, 6.07) is 0.642. The SMILES string of the molecule is CCCC(CCO)CN=C(NCC)NCC1CCCN(C(C)C)C1.I. The highest BCUT2D eigenvalue weighted by atomic mass is 127. The second kappa shape index (κ2) is 15.0. The van der Waals surface area contributed by atoms with E-state index in [9.17, 15) is 5.11 Å². The van der Waals surface area contributed by atoms with Crippen LogP contribution in [-0.2, 0) is 0 Å². The van der Waals surface area contributed by atoms with Gasteiger partial charge in [0.05, 0.1) is 0 Å². The molecule has 0 aliphatic carbocycles. The van der Waals surface area contributed by atoms with Crippen LogP contribution in [0, 0.1) is 11.8 Å². The molecule has 5 nitrogen and oxygen atoms in total. The molecule has 2 unspecified atom stereocenters. The van der Waals surface area contributed by atoms with Crippen molar-refractivity contribution < 1.29 is 5.11 Å². The number of rotatable bonds is 10. The van der Waals surface area contributed by atoms with Crippen LogP contribution < -0.4 is 10.6 Å². The second-order valence-electron chi connectivity index (χ2n) is 7.36. The van der Waals surface area contributed by atoms with E-state index in [1.54, 1.807) is 0 Å². The first-order valence-corrected chi connectivity index (χ1v) is 9.97. The molecule has 0 aromatic rings. The summed E-state index contributed by atoms with van der Waals surface area (Å²) in [5.74, 6) is 2.12. The van der Waals surface area contributed by atoms with Crippen molar-refractivity contribution in [3.05, 3.63) is 0 Å². The Morgan fingerprint density at radius 2 is 2.00 bits per heavy atom. The lowest BCUT2D eigenvalue weighted by Crippen LogP contribution is -2.46. The van der Waals surface area contributed by atoms with Gasteiger partial charge in [-0.2, -0.15) is 0 Å². The van der Waals surface area contributed by atoms with Crippen LogP contribution in [0.5, 0.6) is 0 Å². The van der Waals surface area contributed by atoms with Crippen LogP contribution in [0.2, 0.25) is 0 Å². The molecule has 3 N–H and O–H groups in total. The average molecular weight is 468 g/mol. The average Bonchev–Trinajstić information content (AvgIpc) is 2.57. The molecular weight excluding hydrogens is 427 g/mol. The molecule has 1 aliphatic heterocycles. The summed E-state index contributed by atoms with van der Waals surface area (Å²) < 4.78 is 0. The van der Waals surface area contributed by atoms with E-state index >= 15 is 0 Å². The van der Waals surface area contributed by atoms with E-state index in [0.29, 0.717) is 17.9 Å². The lowest BCUT2D eigenvalue weighted by atomic mass is 9.97. The molecule has 1 heterocycles. The molecule has 0 saturated carbocycles. The molecular formula is C19H41IN4O. The van der Waals surface area contributed by atoms with Crippen LogP contribution in [0.15, 0.2) is 4.99 Å². The molecule has 6 heteroatoms. The molecule has 1 aliphatic rings. The molecule has 0 spiro atoms. The van der Waals surface area contributed by atoms with Crippen LogP contribution in [0.25, 0.3) is 0 Å². The predicted octanol–water partition coefficient (Wildman–Crippen LogP) is 3.08. The van der Waals surface area contributed by atoms with Crippen molar-refractivity contribution in [3.8, 4) is 0 Å². The van der Waals surface area contributed by atoms with Gasteiger partial charge in [0.2, 0.25) is 0 Å². The summed E-state index contributed by atoms with van der Waals surface area (Å²) >= 11 is 0. The zero-order valence-corrected chi connectivity index (χ0v) is 19.1. The van der Waals surface area contributed by atoms with Gasteiger partial charge in [0.25, 0.3) is 0 Å². The number of nitrogens with one attached hydrogen (secondary N) is 2. The Morgan fingerprint density at radius 1 is 1.24 bits per heavy atom. The van der Waals surface area contributed by atoms with E-state index in [0.717, 1.165) is 44.9 Å². The maximum Gasteiger partial charge on any atom is 0.191 e. The van der Waals surface area contributed by atoms with Gasteiger partial charge in [0.1, 0.15) is 0 Å². The molecule has 0 aromatic heterocycles. The van der Waals surface area contributed by atoms with E-state index in [2.05, 4.69) is 43.2 Å². The van der Waals surface area contributed by atoms with Crippen molar-refractivity contribution in [2.75, 3.05) is 39.3 Å². The molecule has 1 saturated heterocycles. The Hall–Kier alpha value is -0.0800. The Balaban J connectivity index is 0.00000576. The zero-order chi connectivity index (χ0) is 17.8. The number of likely N-dealkylation sites (tertiary alicyclic amines) is 1. The molecule has 150 valence electrons. The van der Waals surface area contributed by atoms with Gasteiger partial charge in [0, 0.05) is 38.8 Å². The van der Waals surface area contributed by atoms with Crippen molar-refractivity contribution in [1.29, 1.82) is 0 Å². The minimum Gasteiger partial charge on any atom is -0.396 e. The molecule has 1 fully saturated rings. The molecule has 0 bridgehead atoms. The molecule has 0 radical (unpaired) electrons. The van der Waals surface area contributed by atoms with E-state index in [1.165, 1.54) is 25.9 Å². The minimum atomic E-state index is 0. The van der Waals surface area contributed by atoms with Crippen molar-refractivity contribution >= 4 is 29.9 Å². The fourth-order valence-electron chi connectivity index (χ4n) is 3.45. The van der Waals surface area contributed by atoms with Gasteiger partial charge >= 0.3 is 0 Å². The standard InChI is InChI=1S/C19H40N4O.HI/c1-5-8-17(10-12-24)13-21-19(20-6-2)22-14-18-9-7-11-23(15-18)16(3)4;/h16-18,24H,5-15H2,1-4H3,(H2,20,21,22);1H. The number of piperidine rings is 1. The number of aliphatic imine (C=N–C) groups is 1. The second-order valence-corrected chi connectivity index (χ2v) is 7.36. The smallest absolute Gasteiger partial charge is 0.191 e. The molecule has 25 heavy (non-hydrogen) atoms. The molecule has 0 aromatic carbocycles. The number of hydrogen-bond acceptors (Lipinski definition) is 3. The van der Waals surface area contributed by atoms with Gasteiger partial charge in [-0.3, -0.25) is 4.99 Å². The fourth-order valence-corrected chi connectivity index (χ4v) is 3.45. The van der Waals surface area contributed by atoms with Gasteiger partial charge in [-0.1, -0.05) is 13.3 Å². The van der Waals surface area contributed by atoms with Crippen molar-refractivity contribution in [2.24, 2.45) is 16.8 Å². The van der Waals surface area contributed by atoms with Crippen LogP contribution in [-0.4, -0.2) is 61.3 Å². The fraction of sp³-hybridized carbons (Fsp3) is 0.947. The number of aliphatic hydroxyl groups excluding tert-OH is 1. The minimum absolute atomic E-state index is 0. The molecule has 2 atom stereocenters. The number of nitrogens with zero attached hydrogens (tertiary/aromatic N) is 2. The zero-order valence-electron chi connectivity index (χ0n) is 16.8. The summed E-state index contributed by atoms with van der Waals surface area (Å²) in [6.45, 7) is 14.2. The Kier molecular flexibility index (Phi) is 15.0. The first-order valence-electron chi connectivity index (χ1n) is 9.97. The van der Waals surface area contributed by atoms with E-state index in [4.69, 9.17) is 4.99 Å². The Labute approximate surface area is 172 Å². The summed E-state index contributed by atoms with van der Waals surface area (Å²) in [6.07, 6.45) is 5.74. The molecule has 0 amide bonds. The largest absolute Gasteiger partial charge is 0.396 e. The Morgan fingerprint density at radius 3 is 2.60 bits per heavy atom. The maximum atomic E-state index is 9.19. The third kappa shape index (κ3) is 10.6. The quantitative estimate of drug-likeness (QED) is 0.262. The lowest BCUT2D eigenvalue weighted by Gasteiger charge is -2.35. The summed E-state index contributed by atoms with van der Waals surface area (Å²) in [7, 11) is 0.